The van der Waals surface area contributed by atoms with Gasteiger partial charge in [-0.1, -0.05) is 6.07 Å². The van der Waals surface area contributed by atoms with E-state index >= 15 is 0 Å². The molecule has 1 N–H and O–H groups in total. The monoisotopic (exact) mass is 252 g/mol. The number of aryl methyl sites for hydroxylation is 1. The van der Waals surface area contributed by atoms with Crippen molar-refractivity contribution in [2.75, 3.05) is 5.32 Å². The predicted molar refractivity (Wildman–Crippen MR) is 62.2 cm³/mol. The Labute approximate surface area is 93.1 Å². The lowest BCUT2D eigenvalue weighted by atomic mass is 10.2. The number of halogens is 1. The molecule has 1 unspecified atom stereocenters. The second kappa shape index (κ2) is 5.02. The minimum Gasteiger partial charge on any atom is -0.381 e. The highest BCUT2D eigenvalue weighted by molar-refractivity contribution is 9.10. The lowest BCUT2D eigenvalue weighted by Gasteiger charge is -2.13. The van der Waals surface area contributed by atoms with Gasteiger partial charge in [0, 0.05) is 16.2 Å². The number of benzene rings is 1. The molecule has 0 aliphatic rings. The Kier molecular flexibility index (Phi) is 3.97. The maximum absolute atomic E-state index is 8.54. The van der Waals surface area contributed by atoms with Crippen LogP contribution in [0.1, 0.15) is 18.9 Å². The zero-order valence-corrected chi connectivity index (χ0v) is 9.93. The van der Waals surface area contributed by atoms with Crippen molar-refractivity contribution in [1.29, 1.82) is 5.26 Å². The smallest absolute Gasteiger partial charge is 0.0643 e. The summed E-state index contributed by atoms with van der Waals surface area (Å²) in [6, 6.07) is 8.45. The van der Waals surface area contributed by atoms with Crippen LogP contribution in [0.3, 0.4) is 0 Å². The number of rotatable bonds is 3. The number of nitrogens with one attached hydrogen (secondary N) is 1. The minimum atomic E-state index is 0.179. The summed E-state index contributed by atoms with van der Waals surface area (Å²) < 4.78 is 1.04. The molecule has 0 saturated heterocycles. The number of anilines is 1. The van der Waals surface area contributed by atoms with E-state index in [4.69, 9.17) is 5.26 Å². The molecule has 1 aromatic carbocycles. The number of hydrogen-bond donors (Lipinski definition) is 1. The Morgan fingerprint density at radius 1 is 1.57 bits per heavy atom. The van der Waals surface area contributed by atoms with Gasteiger partial charge in [-0.3, -0.25) is 0 Å². The van der Waals surface area contributed by atoms with Gasteiger partial charge in [-0.2, -0.15) is 5.26 Å². The summed E-state index contributed by atoms with van der Waals surface area (Å²) in [5, 5.41) is 11.8. The molecule has 0 aromatic heterocycles. The third kappa shape index (κ3) is 3.04. The highest BCUT2D eigenvalue weighted by Crippen LogP contribution is 2.24. The first-order valence-electron chi connectivity index (χ1n) is 4.53. The van der Waals surface area contributed by atoms with Crippen molar-refractivity contribution in [3.63, 3.8) is 0 Å². The maximum Gasteiger partial charge on any atom is 0.0643 e. The van der Waals surface area contributed by atoms with Gasteiger partial charge < -0.3 is 5.32 Å². The zero-order chi connectivity index (χ0) is 10.6. The molecule has 1 rings (SSSR count). The SMILES string of the molecule is Cc1ccc(Br)c(NC(C)CC#N)c1. The van der Waals surface area contributed by atoms with Crippen molar-refractivity contribution in [1.82, 2.24) is 0 Å². The number of nitrogens with zero attached hydrogens (tertiary/aromatic N) is 1. The second-order valence-corrected chi connectivity index (χ2v) is 4.25. The van der Waals surface area contributed by atoms with E-state index in [1.165, 1.54) is 5.56 Å². The molecule has 1 aromatic rings. The summed E-state index contributed by atoms with van der Waals surface area (Å²) in [4.78, 5) is 0. The fraction of sp³-hybridized carbons (Fsp3) is 0.364. The zero-order valence-electron chi connectivity index (χ0n) is 8.34. The van der Waals surface area contributed by atoms with Crippen LogP contribution in [-0.4, -0.2) is 6.04 Å². The van der Waals surface area contributed by atoms with Crippen LogP contribution >= 0.6 is 15.9 Å². The summed E-state index contributed by atoms with van der Waals surface area (Å²) in [6.07, 6.45) is 0.514. The highest BCUT2D eigenvalue weighted by Gasteiger charge is 2.04. The molecule has 0 aliphatic carbocycles. The fourth-order valence-corrected chi connectivity index (χ4v) is 1.56. The van der Waals surface area contributed by atoms with Gasteiger partial charge in [0.15, 0.2) is 0 Å². The average Bonchev–Trinajstić information content (AvgIpc) is 2.12. The molecule has 0 spiro atoms. The first-order valence-corrected chi connectivity index (χ1v) is 5.32. The lowest BCUT2D eigenvalue weighted by Crippen LogP contribution is -2.14. The molecule has 0 amide bonds. The van der Waals surface area contributed by atoms with Gasteiger partial charge in [0.1, 0.15) is 0 Å². The van der Waals surface area contributed by atoms with Crippen molar-refractivity contribution in [3.05, 3.63) is 28.2 Å². The van der Waals surface area contributed by atoms with E-state index in [9.17, 15) is 0 Å². The Morgan fingerprint density at radius 3 is 2.93 bits per heavy atom. The molecule has 0 bridgehead atoms. The molecule has 0 radical (unpaired) electrons. The molecule has 0 saturated carbocycles. The third-order valence-corrected chi connectivity index (χ3v) is 2.61. The topological polar surface area (TPSA) is 35.8 Å². The molecule has 0 fully saturated rings. The molecule has 0 heterocycles. The van der Waals surface area contributed by atoms with E-state index in [0.29, 0.717) is 6.42 Å². The summed E-state index contributed by atoms with van der Waals surface area (Å²) in [5.41, 5.74) is 2.26. The van der Waals surface area contributed by atoms with Gasteiger partial charge in [-0.15, -0.1) is 0 Å². The summed E-state index contributed by atoms with van der Waals surface area (Å²) in [7, 11) is 0. The standard InChI is InChI=1S/C11H13BrN2/c1-8-3-4-10(12)11(7-8)14-9(2)5-6-13/h3-4,7,9,14H,5H2,1-2H3. The molecule has 3 heteroatoms. The molecule has 1 atom stereocenters. The molecular weight excluding hydrogens is 240 g/mol. The normalized spacial score (nSPS) is 11.9. The highest BCUT2D eigenvalue weighted by atomic mass is 79.9. The van der Waals surface area contributed by atoms with Gasteiger partial charge in [0.2, 0.25) is 0 Å². The summed E-state index contributed by atoms with van der Waals surface area (Å²) in [6.45, 7) is 4.05. The lowest BCUT2D eigenvalue weighted by molar-refractivity contribution is 0.820. The first kappa shape index (κ1) is 11.1. The molecular formula is C11H13BrN2. The summed E-state index contributed by atoms with van der Waals surface area (Å²) in [5.74, 6) is 0. The van der Waals surface area contributed by atoms with E-state index in [1.54, 1.807) is 0 Å². The van der Waals surface area contributed by atoms with E-state index in [1.807, 2.05) is 26.0 Å². The molecule has 14 heavy (non-hydrogen) atoms. The minimum absolute atomic E-state index is 0.179. The third-order valence-electron chi connectivity index (χ3n) is 1.92. The quantitative estimate of drug-likeness (QED) is 0.895. The number of nitriles is 1. The van der Waals surface area contributed by atoms with Gasteiger partial charge in [0.05, 0.1) is 12.5 Å². The van der Waals surface area contributed by atoms with Gasteiger partial charge >= 0.3 is 0 Å². The predicted octanol–water partition coefficient (Wildman–Crippen LogP) is 3.47. The molecule has 2 nitrogen and oxygen atoms in total. The van der Waals surface area contributed by atoms with Gasteiger partial charge in [-0.25, -0.2) is 0 Å². The van der Waals surface area contributed by atoms with Crippen molar-refractivity contribution < 1.29 is 0 Å². The molecule has 0 aliphatic heterocycles. The second-order valence-electron chi connectivity index (χ2n) is 3.39. The van der Waals surface area contributed by atoms with Crippen LogP contribution in [0.15, 0.2) is 22.7 Å². The van der Waals surface area contributed by atoms with Crippen LogP contribution in [0.25, 0.3) is 0 Å². The van der Waals surface area contributed by atoms with Crippen molar-refractivity contribution in [2.24, 2.45) is 0 Å². The van der Waals surface area contributed by atoms with Crippen LogP contribution in [-0.2, 0) is 0 Å². The Morgan fingerprint density at radius 2 is 2.29 bits per heavy atom. The van der Waals surface area contributed by atoms with Crippen LogP contribution in [0.4, 0.5) is 5.69 Å². The van der Waals surface area contributed by atoms with Crippen LogP contribution in [0, 0.1) is 18.3 Å². The van der Waals surface area contributed by atoms with Crippen LogP contribution in [0.5, 0.6) is 0 Å². The van der Waals surface area contributed by atoms with Gasteiger partial charge in [-0.05, 0) is 47.5 Å². The fourth-order valence-electron chi connectivity index (χ4n) is 1.20. The largest absolute Gasteiger partial charge is 0.381 e. The first-order chi connectivity index (χ1) is 6.63. The van der Waals surface area contributed by atoms with Crippen LogP contribution in [0.2, 0.25) is 0 Å². The van der Waals surface area contributed by atoms with Crippen molar-refractivity contribution in [3.8, 4) is 6.07 Å². The van der Waals surface area contributed by atoms with E-state index in [0.717, 1.165) is 10.2 Å². The van der Waals surface area contributed by atoms with E-state index < -0.39 is 0 Å². The van der Waals surface area contributed by atoms with E-state index in [2.05, 4.69) is 33.4 Å². The van der Waals surface area contributed by atoms with Crippen molar-refractivity contribution >= 4 is 21.6 Å². The Balaban J connectivity index is 2.76. The van der Waals surface area contributed by atoms with E-state index in [-0.39, 0.29) is 6.04 Å². The average molecular weight is 253 g/mol. The number of hydrogen-bond acceptors (Lipinski definition) is 2. The summed E-state index contributed by atoms with van der Waals surface area (Å²) >= 11 is 3.46. The Bertz CT molecular complexity index is 355. The Hall–Kier alpha value is -1.01. The molecule has 74 valence electrons. The van der Waals surface area contributed by atoms with Gasteiger partial charge in [0.25, 0.3) is 0 Å². The van der Waals surface area contributed by atoms with Crippen molar-refractivity contribution in [2.45, 2.75) is 26.3 Å². The maximum atomic E-state index is 8.54. The van der Waals surface area contributed by atoms with Crippen LogP contribution < -0.4 is 5.32 Å².